The minimum Gasteiger partial charge on any atom is -0.506 e. The van der Waals surface area contributed by atoms with Crippen molar-refractivity contribution >= 4 is 28.1 Å². The lowest BCUT2D eigenvalue weighted by atomic mass is 9.95. The largest absolute Gasteiger partial charge is 0.506 e. The number of aliphatic imine (C=N–C) groups is 1. The molecule has 3 heterocycles. The van der Waals surface area contributed by atoms with Crippen LogP contribution in [-0.4, -0.2) is 20.6 Å². The number of nitrogens with zero attached hydrogens (tertiary/aromatic N) is 3. The quantitative estimate of drug-likeness (QED) is 0.229. The summed E-state index contributed by atoms with van der Waals surface area (Å²) in [4.78, 5) is 18.3. The van der Waals surface area contributed by atoms with E-state index in [1.807, 2.05) is 115 Å². The molecule has 0 aliphatic carbocycles. The van der Waals surface area contributed by atoms with Gasteiger partial charge in [-0.2, -0.15) is 5.10 Å². The van der Waals surface area contributed by atoms with E-state index in [1.165, 1.54) is 0 Å². The van der Waals surface area contributed by atoms with E-state index in [0.29, 0.717) is 28.8 Å². The number of fused-ring (bicyclic) bond motifs is 2. The molecule has 7 heteroatoms. The number of anilines is 1. The van der Waals surface area contributed by atoms with Gasteiger partial charge in [-0.15, -0.1) is 0 Å². The van der Waals surface area contributed by atoms with E-state index < -0.39 is 5.63 Å². The molecule has 6 aromatic rings. The Kier molecular flexibility index (Phi) is 5.97. The van der Waals surface area contributed by atoms with Crippen molar-refractivity contribution in [1.29, 1.82) is 0 Å². The summed E-state index contributed by atoms with van der Waals surface area (Å²) in [6, 6.07) is 32.8. The number of aryl methyl sites for hydroxylation is 1. The third-order valence-corrected chi connectivity index (χ3v) is 7.46. The fourth-order valence-electron chi connectivity index (χ4n) is 5.44. The van der Waals surface area contributed by atoms with Crippen molar-refractivity contribution in [2.45, 2.75) is 19.4 Å². The van der Waals surface area contributed by atoms with Crippen LogP contribution in [0.4, 0.5) is 11.4 Å². The van der Waals surface area contributed by atoms with E-state index in [1.54, 1.807) is 6.07 Å². The van der Waals surface area contributed by atoms with Gasteiger partial charge in [0.25, 0.3) is 0 Å². The molecule has 4 aromatic carbocycles. The van der Waals surface area contributed by atoms with Gasteiger partial charge in [0.2, 0.25) is 0 Å². The van der Waals surface area contributed by atoms with Crippen LogP contribution in [0.2, 0.25) is 0 Å². The van der Waals surface area contributed by atoms with Gasteiger partial charge in [-0.05, 0) is 42.8 Å². The number of aromatic nitrogens is 2. The molecule has 1 atom stereocenters. The summed E-state index contributed by atoms with van der Waals surface area (Å²) in [5, 5.41) is 20.5. The molecule has 0 amide bonds. The summed E-state index contributed by atoms with van der Waals surface area (Å²) in [6.07, 6.45) is 2.33. The van der Waals surface area contributed by atoms with Crippen molar-refractivity contribution in [1.82, 2.24) is 9.78 Å². The number of nitrogens with one attached hydrogen (secondary N) is 1. The molecule has 7 nitrogen and oxygen atoms in total. The second-order valence-electron chi connectivity index (χ2n) is 10.1. The molecule has 0 fully saturated rings. The topological polar surface area (TPSA) is 92.7 Å². The van der Waals surface area contributed by atoms with E-state index in [9.17, 15) is 9.90 Å². The van der Waals surface area contributed by atoms with Gasteiger partial charge in [-0.3, -0.25) is 4.99 Å². The second kappa shape index (κ2) is 9.95. The highest BCUT2D eigenvalue weighted by atomic mass is 16.4. The Balaban J connectivity index is 1.43. The SMILES string of the molecule is Cc1cccc2c(O)c(C3=Nc4ccccc4NC(c4cn(-c5ccccc5)nc4-c4ccccc4)C3)c(=O)oc12. The first-order chi connectivity index (χ1) is 20.1. The van der Waals surface area contributed by atoms with Gasteiger partial charge in [0.15, 0.2) is 0 Å². The summed E-state index contributed by atoms with van der Waals surface area (Å²) < 4.78 is 7.62. The van der Waals surface area contributed by atoms with E-state index in [4.69, 9.17) is 14.5 Å². The summed E-state index contributed by atoms with van der Waals surface area (Å²) >= 11 is 0. The lowest BCUT2D eigenvalue weighted by Gasteiger charge is -2.19. The minimum atomic E-state index is -0.621. The molecule has 1 unspecified atom stereocenters. The molecule has 2 N–H and O–H groups in total. The van der Waals surface area contributed by atoms with Crippen molar-refractivity contribution in [2.24, 2.45) is 4.99 Å². The van der Waals surface area contributed by atoms with Gasteiger partial charge in [-0.1, -0.05) is 72.8 Å². The molecule has 0 bridgehead atoms. The lowest BCUT2D eigenvalue weighted by Crippen LogP contribution is -2.20. The van der Waals surface area contributed by atoms with E-state index in [-0.39, 0.29) is 17.4 Å². The summed E-state index contributed by atoms with van der Waals surface area (Å²) in [6.45, 7) is 1.85. The smallest absolute Gasteiger partial charge is 0.349 e. The fraction of sp³-hybridized carbons (Fsp3) is 0.0882. The fourth-order valence-corrected chi connectivity index (χ4v) is 5.44. The van der Waals surface area contributed by atoms with E-state index in [2.05, 4.69) is 5.32 Å². The average molecular weight is 539 g/mol. The van der Waals surface area contributed by atoms with Crippen LogP contribution in [0.5, 0.6) is 5.75 Å². The Labute approximate surface area is 236 Å². The van der Waals surface area contributed by atoms with Crippen LogP contribution in [0, 0.1) is 6.92 Å². The molecule has 0 saturated heterocycles. The van der Waals surface area contributed by atoms with Crippen LogP contribution in [0.15, 0.2) is 124 Å². The minimum absolute atomic E-state index is 0.0725. The number of hydrogen-bond donors (Lipinski definition) is 2. The molecular formula is C34H26N4O3. The van der Waals surface area contributed by atoms with Gasteiger partial charge < -0.3 is 14.8 Å². The summed E-state index contributed by atoms with van der Waals surface area (Å²) in [5.74, 6) is -0.125. The summed E-state index contributed by atoms with van der Waals surface area (Å²) in [7, 11) is 0. The van der Waals surface area contributed by atoms with Gasteiger partial charge in [0, 0.05) is 23.7 Å². The van der Waals surface area contributed by atoms with Crippen molar-refractivity contribution < 1.29 is 9.52 Å². The predicted molar refractivity (Wildman–Crippen MR) is 162 cm³/mol. The highest BCUT2D eigenvalue weighted by Crippen LogP contribution is 2.40. The Bertz CT molecular complexity index is 1990. The van der Waals surface area contributed by atoms with Crippen LogP contribution >= 0.6 is 0 Å². The molecule has 7 rings (SSSR count). The van der Waals surface area contributed by atoms with Crippen LogP contribution in [0.25, 0.3) is 27.9 Å². The number of para-hydroxylation sites is 4. The van der Waals surface area contributed by atoms with Crippen molar-refractivity contribution in [3.63, 3.8) is 0 Å². The maximum Gasteiger partial charge on any atom is 0.349 e. The first kappa shape index (κ1) is 24.6. The van der Waals surface area contributed by atoms with Crippen LogP contribution in [0.3, 0.4) is 0 Å². The zero-order chi connectivity index (χ0) is 27.9. The van der Waals surface area contributed by atoms with Crippen LogP contribution < -0.4 is 10.9 Å². The lowest BCUT2D eigenvalue weighted by molar-refractivity contribution is 0.465. The molecule has 41 heavy (non-hydrogen) atoms. The molecule has 0 saturated carbocycles. The Morgan fingerprint density at radius 3 is 2.44 bits per heavy atom. The molecule has 0 spiro atoms. The number of rotatable bonds is 4. The Morgan fingerprint density at radius 2 is 1.63 bits per heavy atom. The number of hydrogen-bond acceptors (Lipinski definition) is 6. The highest BCUT2D eigenvalue weighted by Gasteiger charge is 2.29. The van der Waals surface area contributed by atoms with Gasteiger partial charge >= 0.3 is 5.63 Å². The molecule has 1 aliphatic rings. The zero-order valence-electron chi connectivity index (χ0n) is 22.3. The number of benzene rings is 4. The van der Waals surface area contributed by atoms with Crippen molar-refractivity contribution in [3.05, 3.63) is 136 Å². The predicted octanol–water partition coefficient (Wildman–Crippen LogP) is 7.34. The van der Waals surface area contributed by atoms with E-state index >= 15 is 0 Å². The Morgan fingerprint density at radius 1 is 0.902 bits per heavy atom. The first-order valence-corrected chi connectivity index (χ1v) is 13.5. The highest BCUT2D eigenvalue weighted by molar-refractivity contribution is 6.08. The van der Waals surface area contributed by atoms with E-state index in [0.717, 1.165) is 33.8 Å². The molecular weight excluding hydrogens is 512 g/mol. The third kappa shape index (κ3) is 4.37. The average Bonchev–Trinajstić information content (AvgIpc) is 3.36. The normalized spacial score (nSPS) is 14.7. The van der Waals surface area contributed by atoms with Crippen molar-refractivity contribution in [3.8, 4) is 22.7 Å². The molecule has 0 radical (unpaired) electrons. The number of aromatic hydroxyl groups is 1. The molecule has 200 valence electrons. The maximum atomic E-state index is 13.4. The summed E-state index contributed by atoms with van der Waals surface area (Å²) in [5.41, 5.74) is 6.18. The monoisotopic (exact) mass is 538 g/mol. The maximum absolute atomic E-state index is 13.4. The van der Waals surface area contributed by atoms with Gasteiger partial charge in [-0.25, -0.2) is 9.48 Å². The first-order valence-electron chi connectivity index (χ1n) is 13.5. The van der Waals surface area contributed by atoms with Gasteiger partial charge in [0.1, 0.15) is 16.9 Å². The second-order valence-corrected chi connectivity index (χ2v) is 10.1. The molecule has 2 aromatic heterocycles. The van der Waals surface area contributed by atoms with Crippen molar-refractivity contribution in [2.75, 3.05) is 5.32 Å². The van der Waals surface area contributed by atoms with Crippen LogP contribution in [-0.2, 0) is 0 Å². The molecule has 1 aliphatic heterocycles. The van der Waals surface area contributed by atoms with Crippen LogP contribution in [0.1, 0.15) is 29.2 Å². The third-order valence-electron chi connectivity index (χ3n) is 7.46. The van der Waals surface area contributed by atoms with Gasteiger partial charge in [0.05, 0.1) is 39.9 Å². The standard InChI is InChI=1S/C34H26N4O3/c1-21-11-10-16-24-32(39)30(34(40)41-33(21)24)29-19-28(35-26-17-8-9-18-27(26)36-29)25-20-38(23-14-6-3-7-15-23)37-31(25)22-12-4-2-5-13-22/h2-18,20,28,35,39H,19H2,1H3. The zero-order valence-corrected chi connectivity index (χ0v) is 22.3. The Hall–Kier alpha value is -5.43.